The van der Waals surface area contributed by atoms with Crippen LogP contribution < -0.4 is 10.9 Å². The maximum atomic E-state index is 12.6. The van der Waals surface area contributed by atoms with Crippen molar-refractivity contribution in [3.63, 3.8) is 0 Å². The summed E-state index contributed by atoms with van der Waals surface area (Å²) < 4.78 is 7.40. The van der Waals surface area contributed by atoms with E-state index in [2.05, 4.69) is 10.4 Å². The van der Waals surface area contributed by atoms with Gasteiger partial charge in [0, 0.05) is 12.6 Å². The smallest absolute Gasteiger partial charge is 0.292 e. The number of hydrogen-bond acceptors (Lipinski definition) is 4. The predicted octanol–water partition coefficient (Wildman–Crippen LogP) is 3.79. The average Bonchev–Trinajstić information content (AvgIpc) is 3.07. The molecular formula is C19H22ClN3O2. The van der Waals surface area contributed by atoms with Crippen LogP contribution in [-0.2, 0) is 4.74 Å². The van der Waals surface area contributed by atoms with Crippen molar-refractivity contribution in [2.45, 2.75) is 50.2 Å². The van der Waals surface area contributed by atoms with Crippen LogP contribution >= 0.6 is 11.6 Å². The highest BCUT2D eigenvalue weighted by Crippen LogP contribution is 2.40. The lowest BCUT2D eigenvalue weighted by atomic mass is 9.89. The first-order chi connectivity index (χ1) is 12.2. The normalized spacial score (nSPS) is 22.2. The molecule has 2 heterocycles. The Bertz CT molecular complexity index is 800. The van der Waals surface area contributed by atoms with Crippen LogP contribution in [-0.4, -0.2) is 28.0 Å². The monoisotopic (exact) mass is 359 g/mol. The second kappa shape index (κ2) is 6.81. The highest BCUT2D eigenvalue weighted by Gasteiger charge is 2.40. The molecule has 1 saturated heterocycles. The molecule has 132 valence electrons. The number of halogens is 1. The fourth-order valence-electron chi connectivity index (χ4n) is 4.03. The van der Waals surface area contributed by atoms with Gasteiger partial charge >= 0.3 is 0 Å². The fraction of sp³-hybridized carbons (Fsp3) is 0.474. The second-order valence-electron chi connectivity index (χ2n) is 7.00. The highest BCUT2D eigenvalue weighted by atomic mass is 35.5. The number of anilines is 1. The summed E-state index contributed by atoms with van der Waals surface area (Å²) in [5, 5.41) is 7.91. The minimum Gasteiger partial charge on any atom is -0.379 e. The lowest BCUT2D eigenvalue weighted by Gasteiger charge is -2.39. The van der Waals surface area contributed by atoms with Gasteiger partial charge in [-0.05, 0) is 37.8 Å². The van der Waals surface area contributed by atoms with Crippen LogP contribution in [0.2, 0.25) is 5.02 Å². The van der Waals surface area contributed by atoms with Gasteiger partial charge < -0.3 is 10.1 Å². The van der Waals surface area contributed by atoms with E-state index in [1.54, 1.807) is 6.20 Å². The van der Waals surface area contributed by atoms with Gasteiger partial charge in [-0.3, -0.25) is 4.79 Å². The topological polar surface area (TPSA) is 56.1 Å². The molecule has 5 nitrogen and oxygen atoms in total. The van der Waals surface area contributed by atoms with E-state index < -0.39 is 0 Å². The van der Waals surface area contributed by atoms with Crippen LogP contribution in [0.3, 0.4) is 0 Å². The Labute approximate surface area is 152 Å². The first-order valence-corrected chi connectivity index (χ1v) is 9.28. The molecule has 2 aliphatic rings. The lowest BCUT2D eigenvalue weighted by Crippen LogP contribution is -2.42. The molecule has 1 spiro atoms. The molecule has 0 radical (unpaired) electrons. The Morgan fingerprint density at radius 1 is 1.24 bits per heavy atom. The average molecular weight is 360 g/mol. The molecule has 1 saturated carbocycles. The number of nitrogens with one attached hydrogen (secondary N) is 1. The maximum absolute atomic E-state index is 12.6. The Balaban J connectivity index is 1.55. The third-order valence-electron chi connectivity index (χ3n) is 5.29. The van der Waals surface area contributed by atoms with Crippen LogP contribution in [0.25, 0.3) is 5.69 Å². The molecule has 1 atom stereocenters. The SMILES string of the molecule is O=c1c(Cl)c(NC2CCOC3(CCCC3)C2)cnn1-c1ccccc1. The molecule has 0 bridgehead atoms. The summed E-state index contributed by atoms with van der Waals surface area (Å²) in [5.74, 6) is 0. The molecule has 2 fully saturated rings. The number of rotatable bonds is 3. The van der Waals surface area contributed by atoms with E-state index in [1.807, 2.05) is 30.3 Å². The molecule has 1 aromatic heterocycles. The number of nitrogens with zero attached hydrogens (tertiary/aromatic N) is 2. The first-order valence-electron chi connectivity index (χ1n) is 8.91. The second-order valence-corrected chi connectivity index (χ2v) is 7.38. The zero-order chi connectivity index (χ0) is 17.3. The Morgan fingerprint density at radius 2 is 2.00 bits per heavy atom. The number of para-hydroxylation sites is 1. The van der Waals surface area contributed by atoms with E-state index in [0.717, 1.165) is 32.3 Å². The van der Waals surface area contributed by atoms with Crippen molar-refractivity contribution in [2.24, 2.45) is 0 Å². The van der Waals surface area contributed by atoms with Crippen LogP contribution in [0.15, 0.2) is 41.3 Å². The summed E-state index contributed by atoms with van der Waals surface area (Å²) in [6, 6.07) is 9.56. The van der Waals surface area contributed by atoms with E-state index in [9.17, 15) is 4.79 Å². The number of benzene rings is 1. The van der Waals surface area contributed by atoms with Crippen molar-refractivity contribution in [3.8, 4) is 5.69 Å². The van der Waals surface area contributed by atoms with Crippen molar-refractivity contribution in [2.75, 3.05) is 11.9 Å². The van der Waals surface area contributed by atoms with Gasteiger partial charge in [0.2, 0.25) is 0 Å². The number of aromatic nitrogens is 2. The fourth-order valence-corrected chi connectivity index (χ4v) is 4.21. The maximum Gasteiger partial charge on any atom is 0.292 e. The molecular weight excluding hydrogens is 338 g/mol. The van der Waals surface area contributed by atoms with Crippen molar-refractivity contribution in [1.82, 2.24) is 9.78 Å². The molecule has 25 heavy (non-hydrogen) atoms. The number of hydrogen-bond donors (Lipinski definition) is 1. The minimum atomic E-state index is -0.305. The summed E-state index contributed by atoms with van der Waals surface area (Å²) in [4.78, 5) is 12.6. The standard InChI is InChI=1S/C19H22ClN3O2/c20-17-16(13-21-23(18(17)24)15-6-2-1-3-7-15)22-14-8-11-25-19(12-14)9-4-5-10-19/h1-3,6-7,13-14,22H,4-5,8-12H2. The van der Waals surface area contributed by atoms with E-state index in [1.165, 1.54) is 17.5 Å². The quantitative estimate of drug-likeness (QED) is 0.905. The van der Waals surface area contributed by atoms with Crippen LogP contribution in [0.5, 0.6) is 0 Å². The van der Waals surface area contributed by atoms with Gasteiger partial charge in [0.05, 0.1) is 23.2 Å². The molecule has 1 unspecified atom stereocenters. The largest absolute Gasteiger partial charge is 0.379 e. The Kier molecular flexibility index (Phi) is 4.52. The predicted molar refractivity (Wildman–Crippen MR) is 98.6 cm³/mol. The summed E-state index contributed by atoms with van der Waals surface area (Å²) in [6.07, 6.45) is 8.27. The van der Waals surface area contributed by atoms with Gasteiger partial charge in [-0.25, -0.2) is 0 Å². The van der Waals surface area contributed by atoms with E-state index >= 15 is 0 Å². The van der Waals surface area contributed by atoms with Crippen LogP contribution in [0.1, 0.15) is 38.5 Å². The molecule has 6 heteroatoms. The van der Waals surface area contributed by atoms with E-state index in [-0.39, 0.29) is 22.2 Å². The Hall–Kier alpha value is -1.85. The van der Waals surface area contributed by atoms with Gasteiger partial charge in [0.15, 0.2) is 0 Å². The zero-order valence-electron chi connectivity index (χ0n) is 14.1. The first kappa shape index (κ1) is 16.6. The van der Waals surface area contributed by atoms with Crippen molar-refractivity contribution < 1.29 is 4.74 Å². The molecule has 1 aliphatic carbocycles. The van der Waals surface area contributed by atoms with Gasteiger partial charge in [-0.15, -0.1) is 0 Å². The van der Waals surface area contributed by atoms with E-state index in [0.29, 0.717) is 11.4 Å². The van der Waals surface area contributed by atoms with Crippen molar-refractivity contribution >= 4 is 17.3 Å². The zero-order valence-corrected chi connectivity index (χ0v) is 14.8. The van der Waals surface area contributed by atoms with Crippen molar-refractivity contribution in [1.29, 1.82) is 0 Å². The van der Waals surface area contributed by atoms with Crippen LogP contribution in [0, 0.1) is 0 Å². The minimum absolute atomic E-state index is 0.0227. The van der Waals surface area contributed by atoms with Gasteiger partial charge in [-0.1, -0.05) is 42.6 Å². The summed E-state index contributed by atoms with van der Waals surface area (Å²) in [5.41, 5.74) is 1.03. The molecule has 1 N–H and O–H groups in total. The van der Waals surface area contributed by atoms with E-state index in [4.69, 9.17) is 16.3 Å². The summed E-state index contributed by atoms with van der Waals surface area (Å²) >= 11 is 6.35. The lowest BCUT2D eigenvalue weighted by molar-refractivity contribution is -0.0767. The third kappa shape index (κ3) is 3.31. The number of ether oxygens (including phenoxy) is 1. The molecule has 1 aromatic carbocycles. The van der Waals surface area contributed by atoms with Gasteiger partial charge in [0.25, 0.3) is 5.56 Å². The molecule has 4 rings (SSSR count). The van der Waals surface area contributed by atoms with Crippen molar-refractivity contribution in [3.05, 3.63) is 51.9 Å². The molecule has 0 amide bonds. The Morgan fingerprint density at radius 3 is 2.76 bits per heavy atom. The third-order valence-corrected chi connectivity index (χ3v) is 5.65. The van der Waals surface area contributed by atoms with Gasteiger partial charge in [0.1, 0.15) is 5.02 Å². The summed E-state index contributed by atoms with van der Waals surface area (Å²) in [6.45, 7) is 0.754. The highest BCUT2D eigenvalue weighted by molar-refractivity contribution is 6.32. The van der Waals surface area contributed by atoms with Crippen LogP contribution in [0.4, 0.5) is 5.69 Å². The molecule has 1 aliphatic heterocycles. The molecule has 2 aromatic rings. The van der Waals surface area contributed by atoms with Gasteiger partial charge in [-0.2, -0.15) is 9.78 Å². The summed E-state index contributed by atoms with van der Waals surface area (Å²) in [7, 11) is 0.